The molecule has 3 N–H and O–H groups in total. The van der Waals surface area contributed by atoms with Crippen molar-refractivity contribution in [2.24, 2.45) is 0 Å². The molecule has 0 aliphatic heterocycles. The molecule has 0 radical (unpaired) electrons. The van der Waals surface area contributed by atoms with Gasteiger partial charge in [0.2, 0.25) is 5.91 Å². The Morgan fingerprint density at radius 1 is 1.00 bits per heavy atom. The monoisotopic (exact) mass is 362 g/mol. The predicted molar refractivity (Wildman–Crippen MR) is 111 cm³/mol. The summed E-state index contributed by atoms with van der Waals surface area (Å²) in [6.45, 7) is 6.07. The van der Waals surface area contributed by atoms with Gasteiger partial charge in [-0.1, -0.05) is 50.2 Å². The Hall–Kier alpha value is -3.08. The average Bonchev–Trinajstić information content (AvgIpc) is 3.16. The predicted octanol–water partition coefficient (Wildman–Crippen LogP) is 4.98. The number of amides is 1. The molecule has 5 heteroatoms. The lowest BCUT2D eigenvalue weighted by molar-refractivity contribution is -0.117. The molecule has 1 atom stereocenters. The third-order valence-electron chi connectivity index (χ3n) is 4.74. The fourth-order valence-electron chi connectivity index (χ4n) is 2.92. The number of H-pyrrole nitrogens is 1. The molecule has 3 aromatic rings. The minimum Gasteiger partial charge on any atom is -0.388 e. The first-order valence-corrected chi connectivity index (χ1v) is 9.22. The van der Waals surface area contributed by atoms with E-state index in [1.165, 1.54) is 0 Å². The van der Waals surface area contributed by atoms with Gasteiger partial charge in [-0.25, -0.2) is 0 Å². The van der Waals surface area contributed by atoms with Gasteiger partial charge in [0.05, 0.1) is 5.92 Å². The highest BCUT2D eigenvalue weighted by Crippen LogP contribution is 2.27. The minimum atomic E-state index is -0.281. The van der Waals surface area contributed by atoms with Crippen LogP contribution in [0.15, 0.2) is 54.6 Å². The van der Waals surface area contributed by atoms with E-state index in [0.717, 1.165) is 28.1 Å². The summed E-state index contributed by atoms with van der Waals surface area (Å²) in [5, 5.41) is 13.2. The Balaban J connectivity index is 1.77. The number of aromatic amines is 1. The van der Waals surface area contributed by atoms with Crippen molar-refractivity contribution in [3.63, 3.8) is 0 Å². The van der Waals surface area contributed by atoms with Crippen molar-refractivity contribution in [1.29, 1.82) is 0 Å². The van der Waals surface area contributed by atoms with Crippen LogP contribution in [0.4, 0.5) is 11.5 Å². The van der Waals surface area contributed by atoms with E-state index in [9.17, 15) is 4.79 Å². The zero-order chi connectivity index (χ0) is 19.4. The number of anilines is 2. The first kappa shape index (κ1) is 18.7. The topological polar surface area (TPSA) is 69.8 Å². The Labute approximate surface area is 160 Å². The van der Waals surface area contributed by atoms with E-state index >= 15 is 0 Å². The zero-order valence-corrected chi connectivity index (χ0v) is 16.2. The van der Waals surface area contributed by atoms with Crippen LogP contribution in [-0.4, -0.2) is 23.2 Å². The van der Waals surface area contributed by atoms with Crippen molar-refractivity contribution >= 4 is 17.4 Å². The summed E-state index contributed by atoms with van der Waals surface area (Å²) < 4.78 is 0. The van der Waals surface area contributed by atoms with E-state index in [4.69, 9.17) is 0 Å². The fraction of sp³-hybridized carbons (Fsp3) is 0.273. The molecular formula is C22H26N4O. The number of carbonyl (C=O) groups is 1. The first-order valence-electron chi connectivity index (χ1n) is 9.22. The second kappa shape index (κ2) is 8.08. The van der Waals surface area contributed by atoms with Crippen molar-refractivity contribution in [1.82, 2.24) is 10.2 Å². The molecule has 1 heterocycles. The molecule has 3 rings (SSSR count). The smallest absolute Gasteiger partial charge is 0.232 e. The highest BCUT2D eigenvalue weighted by Gasteiger charge is 2.17. The molecule has 1 amide bonds. The lowest BCUT2D eigenvalue weighted by Gasteiger charge is -2.13. The summed E-state index contributed by atoms with van der Waals surface area (Å²) in [7, 11) is 1.90. The largest absolute Gasteiger partial charge is 0.388 e. The van der Waals surface area contributed by atoms with Gasteiger partial charge in [-0.2, -0.15) is 5.10 Å². The van der Waals surface area contributed by atoms with Gasteiger partial charge in [0, 0.05) is 24.5 Å². The molecule has 1 unspecified atom stereocenters. The number of hydrogen-bond donors (Lipinski definition) is 3. The average molecular weight is 362 g/mol. The van der Waals surface area contributed by atoms with Gasteiger partial charge in [0.15, 0.2) is 5.82 Å². The van der Waals surface area contributed by atoms with Gasteiger partial charge in [-0.15, -0.1) is 0 Å². The van der Waals surface area contributed by atoms with Crippen molar-refractivity contribution in [2.75, 3.05) is 17.7 Å². The standard InChI is InChI=1S/C22H26N4O/c1-14(2)20-13-21(26-25-20)24-22(27)15(3)16-7-5-8-17(11-16)18-9-6-10-19(12-18)23-4/h5-15,23H,1-4H3,(H2,24,25,26,27). The van der Waals surface area contributed by atoms with Crippen LogP contribution in [0.3, 0.4) is 0 Å². The maximum atomic E-state index is 12.7. The third-order valence-corrected chi connectivity index (χ3v) is 4.74. The van der Waals surface area contributed by atoms with Gasteiger partial charge in [-0.05, 0) is 41.7 Å². The number of aromatic nitrogens is 2. The fourth-order valence-corrected chi connectivity index (χ4v) is 2.92. The molecule has 2 aromatic carbocycles. The van der Waals surface area contributed by atoms with Gasteiger partial charge in [-0.3, -0.25) is 9.89 Å². The summed E-state index contributed by atoms with van der Waals surface area (Å²) >= 11 is 0. The molecule has 0 saturated carbocycles. The van der Waals surface area contributed by atoms with Crippen molar-refractivity contribution < 1.29 is 4.79 Å². The number of benzene rings is 2. The maximum Gasteiger partial charge on any atom is 0.232 e. The molecular weight excluding hydrogens is 336 g/mol. The van der Waals surface area contributed by atoms with Crippen LogP contribution in [0.1, 0.15) is 43.9 Å². The van der Waals surface area contributed by atoms with E-state index in [1.807, 2.05) is 44.3 Å². The van der Waals surface area contributed by atoms with Crippen molar-refractivity contribution in [3.8, 4) is 11.1 Å². The van der Waals surface area contributed by atoms with Crippen LogP contribution >= 0.6 is 0 Å². The number of hydrogen-bond acceptors (Lipinski definition) is 3. The third kappa shape index (κ3) is 4.37. The van der Waals surface area contributed by atoms with Gasteiger partial charge < -0.3 is 10.6 Å². The van der Waals surface area contributed by atoms with Crippen LogP contribution in [0.25, 0.3) is 11.1 Å². The molecule has 0 fully saturated rings. The highest BCUT2D eigenvalue weighted by atomic mass is 16.1. The second-order valence-corrected chi connectivity index (χ2v) is 7.03. The molecule has 0 bridgehead atoms. The lowest BCUT2D eigenvalue weighted by atomic mass is 9.95. The highest BCUT2D eigenvalue weighted by molar-refractivity contribution is 5.95. The molecule has 0 spiro atoms. The quantitative estimate of drug-likeness (QED) is 0.579. The molecule has 0 aliphatic carbocycles. The first-order chi connectivity index (χ1) is 13.0. The molecule has 27 heavy (non-hydrogen) atoms. The number of carbonyl (C=O) groups excluding carboxylic acids is 1. The van der Waals surface area contributed by atoms with E-state index in [0.29, 0.717) is 11.7 Å². The van der Waals surface area contributed by atoms with Crippen molar-refractivity contribution in [3.05, 3.63) is 65.9 Å². The van der Waals surface area contributed by atoms with Crippen molar-refractivity contribution in [2.45, 2.75) is 32.6 Å². The number of nitrogens with one attached hydrogen (secondary N) is 3. The Morgan fingerprint density at radius 2 is 1.70 bits per heavy atom. The summed E-state index contributed by atoms with van der Waals surface area (Å²) in [6.07, 6.45) is 0. The van der Waals surface area contributed by atoms with Crippen LogP contribution in [-0.2, 0) is 4.79 Å². The number of nitrogens with zero attached hydrogens (tertiary/aromatic N) is 1. The lowest BCUT2D eigenvalue weighted by Crippen LogP contribution is -2.19. The zero-order valence-electron chi connectivity index (χ0n) is 16.2. The van der Waals surface area contributed by atoms with Crippen LogP contribution in [0.5, 0.6) is 0 Å². The Morgan fingerprint density at radius 3 is 2.37 bits per heavy atom. The molecule has 5 nitrogen and oxygen atoms in total. The SMILES string of the molecule is CNc1cccc(-c2cccc(C(C)C(=O)Nc3cc(C(C)C)[nH]n3)c2)c1. The number of rotatable bonds is 6. The summed E-state index contributed by atoms with van der Waals surface area (Å²) in [4.78, 5) is 12.7. The van der Waals surface area contributed by atoms with E-state index in [2.05, 4.69) is 58.9 Å². The van der Waals surface area contributed by atoms with Crippen LogP contribution in [0.2, 0.25) is 0 Å². The van der Waals surface area contributed by atoms with Crippen LogP contribution < -0.4 is 10.6 Å². The van der Waals surface area contributed by atoms with Gasteiger partial charge in [0.25, 0.3) is 0 Å². The van der Waals surface area contributed by atoms with Crippen LogP contribution in [0, 0.1) is 0 Å². The summed E-state index contributed by atoms with van der Waals surface area (Å²) in [5.41, 5.74) is 5.24. The van der Waals surface area contributed by atoms with E-state index in [-0.39, 0.29) is 11.8 Å². The Bertz CT molecular complexity index is 929. The molecule has 0 saturated heterocycles. The summed E-state index contributed by atoms with van der Waals surface area (Å²) in [5.74, 6) is 0.550. The van der Waals surface area contributed by atoms with E-state index in [1.54, 1.807) is 0 Å². The molecule has 0 aliphatic rings. The summed E-state index contributed by atoms with van der Waals surface area (Å²) in [6, 6.07) is 18.2. The second-order valence-electron chi connectivity index (χ2n) is 7.03. The molecule has 140 valence electrons. The van der Waals surface area contributed by atoms with E-state index < -0.39 is 0 Å². The Kier molecular flexibility index (Phi) is 5.60. The normalized spacial score (nSPS) is 12.0. The van der Waals surface area contributed by atoms with Gasteiger partial charge >= 0.3 is 0 Å². The maximum absolute atomic E-state index is 12.7. The van der Waals surface area contributed by atoms with Gasteiger partial charge in [0.1, 0.15) is 0 Å². The minimum absolute atomic E-state index is 0.0714. The molecule has 1 aromatic heterocycles.